The summed E-state index contributed by atoms with van der Waals surface area (Å²) in [5.74, 6) is -0.329. The van der Waals surface area contributed by atoms with Crippen LogP contribution in [0.1, 0.15) is 22.9 Å². The van der Waals surface area contributed by atoms with Gasteiger partial charge in [-0.2, -0.15) is 0 Å². The number of halogens is 1. The van der Waals surface area contributed by atoms with Crippen molar-refractivity contribution in [2.45, 2.75) is 13.0 Å². The van der Waals surface area contributed by atoms with Gasteiger partial charge in [-0.1, -0.05) is 6.07 Å². The van der Waals surface area contributed by atoms with E-state index < -0.39 is 0 Å². The lowest BCUT2D eigenvalue weighted by atomic mass is 9.99. The zero-order chi connectivity index (χ0) is 12.3. The molecule has 0 radical (unpaired) electrons. The molecule has 2 rings (SSSR count). The van der Waals surface area contributed by atoms with Gasteiger partial charge in [0, 0.05) is 18.1 Å². The topological polar surface area (TPSA) is 37.8 Å². The third-order valence-electron chi connectivity index (χ3n) is 2.71. The van der Waals surface area contributed by atoms with E-state index in [1.165, 1.54) is 12.3 Å². The molecule has 0 aromatic carbocycles. The second-order valence-electron chi connectivity index (χ2n) is 3.84. The van der Waals surface area contributed by atoms with Crippen LogP contribution in [0.4, 0.5) is 4.39 Å². The minimum absolute atomic E-state index is 0.0908. The predicted octanol–water partition coefficient (Wildman–Crippen LogP) is 2.23. The first-order valence-corrected chi connectivity index (χ1v) is 5.41. The molecular weight excluding hydrogens is 217 g/mol. The Morgan fingerprint density at radius 3 is 2.82 bits per heavy atom. The molecule has 1 atom stereocenters. The van der Waals surface area contributed by atoms with Crippen molar-refractivity contribution in [2.75, 3.05) is 7.05 Å². The number of rotatable bonds is 3. The number of hydrogen-bond acceptors (Lipinski definition) is 3. The summed E-state index contributed by atoms with van der Waals surface area (Å²) < 4.78 is 13.2. The minimum atomic E-state index is -0.329. The Balaban J connectivity index is 2.44. The van der Waals surface area contributed by atoms with Crippen molar-refractivity contribution in [3.63, 3.8) is 0 Å². The van der Waals surface area contributed by atoms with E-state index in [9.17, 15) is 4.39 Å². The fourth-order valence-corrected chi connectivity index (χ4v) is 1.89. The van der Waals surface area contributed by atoms with Crippen molar-refractivity contribution in [1.29, 1.82) is 0 Å². The zero-order valence-electron chi connectivity index (χ0n) is 9.81. The van der Waals surface area contributed by atoms with Crippen molar-refractivity contribution < 1.29 is 4.39 Å². The molecule has 1 unspecified atom stereocenters. The monoisotopic (exact) mass is 231 g/mol. The molecule has 3 nitrogen and oxygen atoms in total. The van der Waals surface area contributed by atoms with Crippen LogP contribution >= 0.6 is 0 Å². The number of pyridine rings is 2. The number of aromatic nitrogens is 2. The minimum Gasteiger partial charge on any atom is -0.309 e. The quantitative estimate of drug-likeness (QED) is 0.880. The maximum Gasteiger partial charge on any atom is 0.141 e. The van der Waals surface area contributed by atoms with Crippen molar-refractivity contribution in [2.24, 2.45) is 0 Å². The summed E-state index contributed by atoms with van der Waals surface area (Å²) in [6, 6.07) is 5.25. The second kappa shape index (κ2) is 5.01. The molecule has 0 aliphatic rings. The Morgan fingerprint density at radius 1 is 1.35 bits per heavy atom. The van der Waals surface area contributed by atoms with E-state index in [0.29, 0.717) is 0 Å². The SMILES string of the molecule is CNC(c1cncc(F)c1)c1cccnc1C. The Morgan fingerprint density at radius 2 is 2.18 bits per heavy atom. The van der Waals surface area contributed by atoms with E-state index in [1.54, 1.807) is 12.4 Å². The largest absolute Gasteiger partial charge is 0.309 e. The summed E-state index contributed by atoms with van der Waals surface area (Å²) >= 11 is 0. The molecule has 0 bridgehead atoms. The molecule has 2 heterocycles. The van der Waals surface area contributed by atoms with Crippen LogP contribution in [0, 0.1) is 12.7 Å². The smallest absolute Gasteiger partial charge is 0.141 e. The number of hydrogen-bond donors (Lipinski definition) is 1. The highest BCUT2D eigenvalue weighted by atomic mass is 19.1. The van der Waals surface area contributed by atoms with Gasteiger partial charge in [0.05, 0.1) is 12.2 Å². The maximum absolute atomic E-state index is 13.2. The van der Waals surface area contributed by atoms with Crippen molar-refractivity contribution in [3.05, 3.63) is 59.4 Å². The average Bonchev–Trinajstić information content (AvgIpc) is 2.33. The van der Waals surface area contributed by atoms with Gasteiger partial charge in [-0.3, -0.25) is 9.97 Å². The van der Waals surface area contributed by atoms with Crippen LogP contribution in [0.2, 0.25) is 0 Å². The fraction of sp³-hybridized carbons (Fsp3) is 0.231. The molecule has 0 saturated carbocycles. The molecule has 0 amide bonds. The predicted molar refractivity (Wildman–Crippen MR) is 64.1 cm³/mol. The van der Waals surface area contributed by atoms with E-state index in [0.717, 1.165) is 16.8 Å². The van der Waals surface area contributed by atoms with Crippen LogP contribution in [0.15, 0.2) is 36.8 Å². The van der Waals surface area contributed by atoms with Crippen molar-refractivity contribution >= 4 is 0 Å². The Bertz CT molecular complexity index is 514. The van der Waals surface area contributed by atoms with Crippen LogP contribution in [-0.2, 0) is 0 Å². The van der Waals surface area contributed by atoms with Gasteiger partial charge in [0.1, 0.15) is 5.82 Å². The molecule has 0 fully saturated rings. The van der Waals surface area contributed by atoms with Gasteiger partial charge >= 0.3 is 0 Å². The third kappa shape index (κ3) is 2.47. The second-order valence-corrected chi connectivity index (χ2v) is 3.84. The Hall–Kier alpha value is -1.81. The molecule has 0 spiro atoms. The Labute approximate surface area is 99.7 Å². The molecular formula is C13H14FN3. The highest BCUT2D eigenvalue weighted by Crippen LogP contribution is 2.23. The Kier molecular flexibility index (Phi) is 3.44. The van der Waals surface area contributed by atoms with Crippen molar-refractivity contribution in [3.8, 4) is 0 Å². The molecule has 2 aromatic rings. The van der Waals surface area contributed by atoms with E-state index in [-0.39, 0.29) is 11.9 Å². The third-order valence-corrected chi connectivity index (χ3v) is 2.71. The lowest BCUT2D eigenvalue weighted by molar-refractivity contribution is 0.607. The van der Waals surface area contributed by atoms with Gasteiger partial charge in [0.15, 0.2) is 0 Å². The molecule has 2 aromatic heterocycles. The zero-order valence-corrected chi connectivity index (χ0v) is 9.81. The molecule has 0 aliphatic heterocycles. The van der Waals surface area contributed by atoms with Gasteiger partial charge in [-0.25, -0.2) is 4.39 Å². The molecule has 88 valence electrons. The van der Waals surface area contributed by atoms with Gasteiger partial charge in [-0.05, 0) is 37.2 Å². The van der Waals surface area contributed by atoms with Crippen LogP contribution in [0.3, 0.4) is 0 Å². The summed E-state index contributed by atoms with van der Waals surface area (Å²) in [6.45, 7) is 1.94. The molecule has 0 saturated heterocycles. The van der Waals surface area contributed by atoms with Gasteiger partial charge in [0.2, 0.25) is 0 Å². The first-order valence-electron chi connectivity index (χ1n) is 5.41. The summed E-state index contributed by atoms with van der Waals surface area (Å²) in [4.78, 5) is 8.11. The van der Waals surface area contributed by atoms with Crippen LogP contribution in [0.25, 0.3) is 0 Å². The number of aryl methyl sites for hydroxylation is 1. The van der Waals surface area contributed by atoms with E-state index in [4.69, 9.17) is 0 Å². The fourth-order valence-electron chi connectivity index (χ4n) is 1.89. The lowest BCUT2D eigenvalue weighted by Crippen LogP contribution is -2.19. The highest BCUT2D eigenvalue weighted by Gasteiger charge is 2.15. The maximum atomic E-state index is 13.2. The first kappa shape index (κ1) is 11.7. The van der Waals surface area contributed by atoms with Gasteiger partial charge < -0.3 is 5.32 Å². The van der Waals surface area contributed by atoms with Crippen LogP contribution in [0.5, 0.6) is 0 Å². The summed E-state index contributed by atoms with van der Waals surface area (Å²) in [7, 11) is 1.84. The van der Waals surface area contributed by atoms with Gasteiger partial charge in [0.25, 0.3) is 0 Å². The molecule has 17 heavy (non-hydrogen) atoms. The summed E-state index contributed by atoms with van der Waals surface area (Å²) in [6.07, 6.45) is 4.61. The normalized spacial score (nSPS) is 12.4. The highest BCUT2D eigenvalue weighted by molar-refractivity contribution is 5.32. The summed E-state index contributed by atoms with van der Waals surface area (Å²) in [5, 5.41) is 3.16. The van der Waals surface area contributed by atoms with Crippen molar-refractivity contribution in [1.82, 2.24) is 15.3 Å². The van der Waals surface area contributed by atoms with Crippen LogP contribution < -0.4 is 5.32 Å². The molecule has 1 N–H and O–H groups in total. The standard InChI is InChI=1S/C13H14FN3/c1-9-12(4-3-5-17-9)13(15-2)10-6-11(14)8-16-7-10/h3-8,13,15H,1-2H3. The first-order chi connectivity index (χ1) is 8.22. The molecule has 4 heteroatoms. The van der Waals surface area contributed by atoms with E-state index >= 15 is 0 Å². The summed E-state index contributed by atoms with van der Waals surface area (Å²) in [5.41, 5.74) is 2.75. The van der Waals surface area contributed by atoms with E-state index in [1.807, 2.05) is 26.1 Å². The van der Waals surface area contributed by atoms with Crippen LogP contribution in [-0.4, -0.2) is 17.0 Å². The average molecular weight is 231 g/mol. The lowest BCUT2D eigenvalue weighted by Gasteiger charge is -2.18. The van der Waals surface area contributed by atoms with E-state index in [2.05, 4.69) is 15.3 Å². The molecule has 0 aliphatic carbocycles. The van der Waals surface area contributed by atoms with Gasteiger partial charge in [-0.15, -0.1) is 0 Å². The number of nitrogens with zero attached hydrogens (tertiary/aromatic N) is 2. The number of nitrogens with one attached hydrogen (secondary N) is 1.